The van der Waals surface area contributed by atoms with Crippen molar-refractivity contribution in [2.75, 3.05) is 19.8 Å². The Hall–Kier alpha value is -1.40. The molecule has 94 valence electrons. The normalized spacial score (nSPS) is 18.9. The molecule has 0 atom stereocenters. The van der Waals surface area contributed by atoms with Gasteiger partial charge in [-0.05, 0) is 12.8 Å². The Bertz CT molecular complexity index is 358. The van der Waals surface area contributed by atoms with Crippen LogP contribution in [0.25, 0.3) is 0 Å². The van der Waals surface area contributed by atoms with Crippen LogP contribution in [-0.2, 0) is 16.1 Å². The Morgan fingerprint density at radius 1 is 1.53 bits per heavy atom. The predicted molar refractivity (Wildman–Crippen MR) is 59.9 cm³/mol. The summed E-state index contributed by atoms with van der Waals surface area (Å²) in [6, 6.07) is 1.72. The number of rotatable bonds is 4. The zero-order valence-electron chi connectivity index (χ0n) is 9.65. The summed E-state index contributed by atoms with van der Waals surface area (Å²) in [6.45, 7) is 1.90. The van der Waals surface area contributed by atoms with E-state index in [1.807, 2.05) is 0 Å². The molecule has 1 fully saturated rings. The molecule has 1 aliphatic rings. The molecule has 0 unspecified atom stereocenters. The van der Waals surface area contributed by atoms with Crippen molar-refractivity contribution in [3.8, 4) is 0 Å². The molecule has 6 nitrogen and oxygen atoms in total. The molecule has 2 rings (SSSR count). The number of nitrogens with two attached hydrogens (primary N) is 1. The molecular formula is C11H17N3O3. The molecule has 1 aromatic heterocycles. The number of ether oxygens (including phenoxy) is 1. The second kappa shape index (κ2) is 5.29. The van der Waals surface area contributed by atoms with Crippen molar-refractivity contribution in [1.82, 2.24) is 10.5 Å². The fourth-order valence-corrected chi connectivity index (χ4v) is 1.97. The average molecular weight is 239 g/mol. The number of hydrogen-bond donors (Lipinski definition) is 2. The highest BCUT2D eigenvalue weighted by Crippen LogP contribution is 2.29. The maximum absolute atomic E-state index is 12.1. The van der Waals surface area contributed by atoms with Crippen molar-refractivity contribution in [3.63, 3.8) is 0 Å². The lowest BCUT2D eigenvalue weighted by atomic mass is 9.79. The van der Waals surface area contributed by atoms with Gasteiger partial charge in [-0.25, -0.2) is 0 Å². The molecule has 0 radical (unpaired) electrons. The Kier molecular flexibility index (Phi) is 3.75. The van der Waals surface area contributed by atoms with Crippen LogP contribution < -0.4 is 11.1 Å². The van der Waals surface area contributed by atoms with Crippen LogP contribution in [0.4, 0.5) is 0 Å². The summed E-state index contributed by atoms with van der Waals surface area (Å²) in [5.41, 5.74) is 5.96. The summed E-state index contributed by atoms with van der Waals surface area (Å²) in [7, 11) is 0. The lowest BCUT2D eigenvalue weighted by Gasteiger charge is -2.34. The molecule has 0 aromatic carbocycles. The largest absolute Gasteiger partial charge is 0.381 e. The van der Waals surface area contributed by atoms with Gasteiger partial charge in [0, 0.05) is 25.8 Å². The Morgan fingerprint density at radius 2 is 2.29 bits per heavy atom. The summed E-state index contributed by atoms with van der Waals surface area (Å²) in [6.07, 6.45) is 2.83. The minimum atomic E-state index is -0.484. The third kappa shape index (κ3) is 2.65. The second-order valence-corrected chi connectivity index (χ2v) is 4.27. The van der Waals surface area contributed by atoms with Gasteiger partial charge in [-0.1, -0.05) is 5.16 Å². The van der Waals surface area contributed by atoms with Gasteiger partial charge in [0.2, 0.25) is 5.91 Å². The highest BCUT2D eigenvalue weighted by Gasteiger charge is 2.38. The predicted octanol–water partition coefficient (Wildman–Crippen LogP) is 0.0463. The minimum Gasteiger partial charge on any atom is -0.381 e. The van der Waals surface area contributed by atoms with Gasteiger partial charge in [-0.2, -0.15) is 0 Å². The number of hydrogen-bond acceptors (Lipinski definition) is 5. The van der Waals surface area contributed by atoms with Crippen molar-refractivity contribution < 1.29 is 14.1 Å². The number of carbonyl (C=O) groups excluding carboxylic acids is 1. The van der Waals surface area contributed by atoms with E-state index < -0.39 is 5.41 Å². The van der Waals surface area contributed by atoms with Gasteiger partial charge in [0.25, 0.3) is 0 Å². The molecule has 1 aromatic rings. The molecule has 0 saturated carbocycles. The van der Waals surface area contributed by atoms with Crippen LogP contribution >= 0.6 is 0 Å². The fraction of sp³-hybridized carbons (Fsp3) is 0.636. The van der Waals surface area contributed by atoms with E-state index in [1.165, 1.54) is 6.26 Å². The van der Waals surface area contributed by atoms with Crippen LogP contribution in [0, 0.1) is 5.41 Å². The van der Waals surface area contributed by atoms with Gasteiger partial charge >= 0.3 is 0 Å². The van der Waals surface area contributed by atoms with E-state index >= 15 is 0 Å². The van der Waals surface area contributed by atoms with E-state index in [2.05, 4.69) is 10.5 Å². The molecule has 1 saturated heterocycles. The minimum absolute atomic E-state index is 0.0219. The quantitative estimate of drug-likeness (QED) is 0.774. The zero-order chi connectivity index (χ0) is 12.1. The molecule has 1 aliphatic heterocycles. The van der Waals surface area contributed by atoms with Crippen molar-refractivity contribution in [2.24, 2.45) is 11.1 Å². The van der Waals surface area contributed by atoms with Crippen LogP contribution in [0.15, 0.2) is 16.9 Å². The van der Waals surface area contributed by atoms with Gasteiger partial charge in [-0.15, -0.1) is 0 Å². The van der Waals surface area contributed by atoms with Crippen LogP contribution in [0.3, 0.4) is 0 Å². The molecule has 17 heavy (non-hydrogen) atoms. The highest BCUT2D eigenvalue weighted by molar-refractivity contribution is 5.82. The first kappa shape index (κ1) is 12.1. The van der Waals surface area contributed by atoms with E-state index in [0.717, 1.165) is 0 Å². The lowest BCUT2D eigenvalue weighted by molar-refractivity contribution is -0.136. The van der Waals surface area contributed by atoms with Crippen molar-refractivity contribution >= 4 is 5.91 Å². The molecule has 0 aliphatic carbocycles. The lowest BCUT2D eigenvalue weighted by Crippen LogP contribution is -2.49. The number of aromatic nitrogens is 1. The first-order valence-corrected chi connectivity index (χ1v) is 5.72. The molecule has 3 N–H and O–H groups in total. The van der Waals surface area contributed by atoms with Crippen molar-refractivity contribution in [1.29, 1.82) is 0 Å². The highest BCUT2D eigenvalue weighted by atomic mass is 16.5. The van der Waals surface area contributed by atoms with Gasteiger partial charge in [-0.3, -0.25) is 4.79 Å². The van der Waals surface area contributed by atoms with Gasteiger partial charge in [0.1, 0.15) is 12.0 Å². The topological polar surface area (TPSA) is 90.4 Å². The Balaban J connectivity index is 1.93. The molecule has 1 amide bonds. The van der Waals surface area contributed by atoms with Crippen molar-refractivity contribution in [2.45, 2.75) is 19.4 Å². The van der Waals surface area contributed by atoms with E-state index in [-0.39, 0.29) is 5.91 Å². The van der Waals surface area contributed by atoms with Gasteiger partial charge in [0.05, 0.1) is 12.0 Å². The average Bonchev–Trinajstić information content (AvgIpc) is 2.90. The third-order valence-corrected chi connectivity index (χ3v) is 3.24. The zero-order valence-corrected chi connectivity index (χ0v) is 9.65. The fourth-order valence-electron chi connectivity index (χ4n) is 1.97. The van der Waals surface area contributed by atoms with Crippen LogP contribution in [0.5, 0.6) is 0 Å². The first-order valence-electron chi connectivity index (χ1n) is 5.72. The third-order valence-electron chi connectivity index (χ3n) is 3.24. The number of nitrogens with zero attached hydrogens (tertiary/aromatic N) is 1. The molecule has 0 bridgehead atoms. The summed E-state index contributed by atoms with van der Waals surface area (Å²) in [5.74, 6) is -0.0219. The first-order chi connectivity index (χ1) is 8.27. The van der Waals surface area contributed by atoms with Crippen LogP contribution in [0.2, 0.25) is 0 Å². The monoisotopic (exact) mass is 239 g/mol. The molecule has 6 heteroatoms. The standard InChI is InChI=1S/C11H17N3O3/c12-8-11(2-5-16-6-3-11)10(15)13-7-9-1-4-17-14-9/h1,4H,2-3,5-8,12H2,(H,13,15). The van der Waals surface area contributed by atoms with E-state index in [4.69, 9.17) is 15.0 Å². The van der Waals surface area contributed by atoms with E-state index in [0.29, 0.717) is 44.8 Å². The van der Waals surface area contributed by atoms with E-state index in [1.54, 1.807) is 6.07 Å². The van der Waals surface area contributed by atoms with Crippen LogP contribution in [-0.4, -0.2) is 30.8 Å². The summed E-state index contributed by atoms with van der Waals surface area (Å²) >= 11 is 0. The van der Waals surface area contributed by atoms with Gasteiger partial charge in [0.15, 0.2) is 0 Å². The van der Waals surface area contributed by atoms with Gasteiger partial charge < -0.3 is 20.3 Å². The number of amides is 1. The number of carbonyl (C=O) groups is 1. The SMILES string of the molecule is NCC1(C(=O)NCc2ccon2)CCOCC1. The summed E-state index contributed by atoms with van der Waals surface area (Å²) in [4.78, 5) is 12.1. The van der Waals surface area contributed by atoms with E-state index in [9.17, 15) is 4.79 Å². The molecular weight excluding hydrogens is 222 g/mol. The van der Waals surface area contributed by atoms with Crippen molar-refractivity contribution in [3.05, 3.63) is 18.0 Å². The maximum atomic E-state index is 12.1. The second-order valence-electron chi connectivity index (χ2n) is 4.27. The maximum Gasteiger partial charge on any atom is 0.227 e. The number of nitrogens with one attached hydrogen (secondary N) is 1. The molecule has 0 spiro atoms. The smallest absolute Gasteiger partial charge is 0.227 e. The molecule has 2 heterocycles. The Labute approximate surface area is 99.5 Å². The Morgan fingerprint density at radius 3 is 2.88 bits per heavy atom. The summed E-state index contributed by atoms with van der Waals surface area (Å²) < 4.78 is 9.96. The van der Waals surface area contributed by atoms with Crippen LogP contribution in [0.1, 0.15) is 18.5 Å². The summed E-state index contributed by atoms with van der Waals surface area (Å²) in [5, 5.41) is 6.59.